The number of aromatic nitrogens is 1. The van der Waals surface area contributed by atoms with Crippen molar-refractivity contribution in [3.8, 4) is 6.07 Å². The Morgan fingerprint density at radius 3 is 3.00 bits per heavy atom. The molecule has 1 N–H and O–H groups in total. The van der Waals surface area contributed by atoms with E-state index in [1.165, 1.54) is 0 Å². The second-order valence-corrected chi connectivity index (χ2v) is 6.61. The number of pyridine rings is 1. The quantitative estimate of drug-likeness (QED) is 0.660. The second-order valence-electron chi connectivity index (χ2n) is 6.61. The molecule has 134 valence electrons. The van der Waals surface area contributed by atoms with Crippen LogP contribution >= 0.6 is 0 Å². The number of nitrogens with one attached hydrogen (secondary N) is 1. The largest absolute Gasteiger partial charge is 0.452 e. The van der Waals surface area contributed by atoms with E-state index in [-0.39, 0.29) is 19.6 Å². The zero-order valence-corrected chi connectivity index (χ0v) is 14.7. The molecule has 0 fully saturated rings. The van der Waals surface area contributed by atoms with Gasteiger partial charge in [0, 0.05) is 17.6 Å². The van der Waals surface area contributed by atoms with Crippen LogP contribution in [0.3, 0.4) is 0 Å². The molecule has 1 atom stereocenters. The van der Waals surface area contributed by atoms with Crippen molar-refractivity contribution in [3.05, 3.63) is 41.1 Å². The van der Waals surface area contributed by atoms with E-state index in [1.54, 1.807) is 0 Å². The minimum absolute atomic E-state index is 0.222. The summed E-state index contributed by atoms with van der Waals surface area (Å²) in [5.41, 5.74) is 3.19. The number of rotatable bonds is 5. The molecule has 1 heterocycles. The molecule has 6 nitrogen and oxygen atoms in total. The normalized spacial score (nSPS) is 15.8. The lowest BCUT2D eigenvalue weighted by atomic mass is 9.84. The van der Waals surface area contributed by atoms with E-state index >= 15 is 0 Å². The summed E-state index contributed by atoms with van der Waals surface area (Å²) in [5, 5.41) is 11.8. The molecule has 1 amide bonds. The molecule has 1 aromatic heterocycles. The van der Waals surface area contributed by atoms with Crippen molar-refractivity contribution < 1.29 is 14.3 Å². The lowest BCUT2D eigenvalue weighted by Gasteiger charge is -2.24. The van der Waals surface area contributed by atoms with Crippen molar-refractivity contribution in [2.24, 2.45) is 5.92 Å². The van der Waals surface area contributed by atoms with Gasteiger partial charge in [-0.05, 0) is 36.8 Å². The Morgan fingerprint density at radius 2 is 2.19 bits per heavy atom. The van der Waals surface area contributed by atoms with Crippen LogP contribution in [0.15, 0.2) is 24.3 Å². The summed E-state index contributed by atoms with van der Waals surface area (Å²) in [4.78, 5) is 29.3. The van der Waals surface area contributed by atoms with Crippen LogP contribution < -0.4 is 5.32 Å². The maximum atomic E-state index is 12.8. The average molecular weight is 351 g/mol. The molecule has 2 aromatic rings. The third-order valence-corrected chi connectivity index (χ3v) is 4.60. The predicted molar refractivity (Wildman–Crippen MR) is 96.5 cm³/mol. The van der Waals surface area contributed by atoms with Crippen LogP contribution in [0.2, 0.25) is 0 Å². The van der Waals surface area contributed by atoms with Crippen LogP contribution in [-0.4, -0.2) is 30.0 Å². The standard InChI is InChI=1S/C20H21N3O3/c1-13-7-8-17-15(11-13)19(14-5-2-3-6-16(14)23-17)20(25)26-12-18(24)22-10-4-9-21/h2-3,5-6,13H,4,7-8,10-12H2,1H3,(H,22,24)/t13-/m1/s1. The van der Waals surface area contributed by atoms with Gasteiger partial charge in [0.25, 0.3) is 5.91 Å². The van der Waals surface area contributed by atoms with Crippen LogP contribution in [0.4, 0.5) is 0 Å². The van der Waals surface area contributed by atoms with E-state index < -0.39 is 11.9 Å². The molecular formula is C20H21N3O3. The van der Waals surface area contributed by atoms with Crippen molar-refractivity contribution in [2.45, 2.75) is 32.6 Å². The zero-order chi connectivity index (χ0) is 18.5. The van der Waals surface area contributed by atoms with Crippen molar-refractivity contribution in [3.63, 3.8) is 0 Å². The van der Waals surface area contributed by atoms with Crippen LogP contribution in [0.5, 0.6) is 0 Å². The summed E-state index contributed by atoms with van der Waals surface area (Å²) in [7, 11) is 0. The van der Waals surface area contributed by atoms with Gasteiger partial charge in [-0.2, -0.15) is 5.26 Å². The zero-order valence-electron chi connectivity index (χ0n) is 14.7. The summed E-state index contributed by atoms with van der Waals surface area (Å²) < 4.78 is 5.27. The first kappa shape index (κ1) is 17.9. The Morgan fingerprint density at radius 1 is 1.38 bits per heavy atom. The number of ether oxygens (including phenoxy) is 1. The number of hydrogen-bond donors (Lipinski definition) is 1. The highest BCUT2D eigenvalue weighted by molar-refractivity contribution is 6.05. The molecule has 0 saturated heterocycles. The van der Waals surface area contributed by atoms with Gasteiger partial charge in [-0.3, -0.25) is 9.78 Å². The molecule has 0 bridgehead atoms. The van der Waals surface area contributed by atoms with Crippen LogP contribution in [0, 0.1) is 17.2 Å². The molecule has 1 aliphatic rings. The van der Waals surface area contributed by atoms with E-state index in [1.807, 2.05) is 30.3 Å². The minimum atomic E-state index is -0.496. The third-order valence-electron chi connectivity index (χ3n) is 4.60. The fraction of sp³-hybridized carbons (Fsp3) is 0.400. The molecule has 0 saturated carbocycles. The van der Waals surface area contributed by atoms with Crippen molar-refractivity contribution in [1.82, 2.24) is 10.3 Å². The molecule has 26 heavy (non-hydrogen) atoms. The smallest absolute Gasteiger partial charge is 0.339 e. The predicted octanol–water partition coefficient (Wildman–Crippen LogP) is 2.55. The average Bonchev–Trinajstić information content (AvgIpc) is 2.64. The van der Waals surface area contributed by atoms with Gasteiger partial charge in [-0.1, -0.05) is 25.1 Å². The van der Waals surface area contributed by atoms with E-state index in [2.05, 4.69) is 12.2 Å². The van der Waals surface area contributed by atoms with Gasteiger partial charge in [0.15, 0.2) is 6.61 Å². The Balaban J connectivity index is 1.86. The maximum absolute atomic E-state index is 12.8. The van der Waals surface area contributed by atoms with Gasteiger partial charge in [-0.25, -0.2) is 4.79 Å². The number of nitrogens with zero attached hydrogens (tertiary/aromatic N) is 2. The first-order chi connectivity index (χ1) is 12.6. The molecule has 6 heteroatoms. The molecule has 0 spiro atoms. The summed E-state index contributed by atoms with van der Waals surface area (Å²) in [6, 6.07) is 9.46. The van der Waals surface area contributed by atoms with Gasteiger partial charge in [0.2, 0.25) is 0 Å². The first-order valence-corrected chi connectivity index (χ1v) is 8.81. The van der Waals surface area contributed by atoms with Crippen LogP contribution in [0.25, 0.3) is 10.9 Å². The van der Waals surface area contributed by atoms with E-state index in [4.69, 9.17) is 15.0 Å². The maximum Gasteiger partial charge on any atom is 0.339 e. The molecule has 3 rings (SSSR count). The summed E-state index contributed by atoms with van der Waals surface area (Å²) in [6.07, 6.45) is 2.90. The number of carbonyl (C=O) groups excluding carboxylic acids is 2. The Hall–Kier alpha value is -2.94. The molecule has 0 unspecified atom stereocenters. The highest BCUT2D eigenvalue weighted by Crippen LogP contribution is 2.31. The number of hydrogen-bond acceptors (Lipinski definition) is 5. The highest BCUT2D eigenvalue weighted by Gasteiger charge is 2.26. The van der Waals surface area contributed by atoms with Gasteiger partial charge in [0.05, 0.1) is 23.6 Å². The van der Waals surface area contributed by atoms with Gasteiger partial charge in [0.1, 0.15) is 0 Å². The number of esters is 1. The van der Waals surface area contributed by atoms with Gasteiger partial charge < -0.3 is 10.1 Å². The first-order valence-electron chi connectivity index (χ1n) is 8.81. The number of fused-ring (bicyclic) bond motifs is 2. The van der Waals surface area contributed by atoms with Crippen molar-refractivity contribution in [1.29, 1.82) is 5.26 Å². The fourth-order valence-electron chi connectivity index (χ4n) is 3.31. The Kier molecular flexibility index (Phi) is 5.47. The molecule has 0 aliphatic heterocycles. The van der Waals surface area contributed by atoms with Crippen LogP contribution in [0.1, 0.15) is 41.4 Å². The topological polar surface area (TPSA) is 92.1 Å². The second kappa shape index (κ2) is 7.96. The molecular weight excluding hydrogens is 330 g/mol. The monoisotopic (exact) mass is 351 g/mol. The fourth-order valence-corrected chi connectivity index (χ4v) is 3.31. The summed E-state index contributed by atoms with van der Waals surface area (Å²) in [5.74, 6) is -0.426. The number of carbonyl (C=O) groups is 2. The molecule has 1 aromatic carbocycles. The lowest BCUT2D eigenvalue weighted by Crippen LogP contribution is -2.30. The number of amides is 1. The molecule has 0 radical (unpaired) electrons. The van der Waals surface area contributed by atoms with E-state index in [9.17, 15) is 9.59 Å². The molecule has 1 aliphatic carbocycles. The Bertz CT molecular complexity index is 886. The highest BCUT2D eigenvalue weighted by atomic mass is 16.5. The number of benzene rings is 1. The number of aryl methyl sites for hydroxylation is 1. The number of para-hydroxylation sites is 1. The van der Waals surface area contributed by atoms with E-state index in [0.717, 1.165) is 41.4 Å². The summed E-state index contributed by atoms with van der Waals surface area (Å²) >= 11 is 0. The summed E-state index contributed by atoms with van der Waals surface area (Å²) in [6.45, 7) is 2.05. The third kappa shape index (κ3) is 3.83. The Labute approximate surface area is 152 Å². The minimum Gasteiger partial charge on any atom is -0.452 e. The SMILES string of the molecule is C[C@@H]1CCc2nc3ccccc3c(C(=O)OCC(=O)NCCC#N)c2C1. The van der Waals surface area contributed by atoms with E-state index in [0.29, 0.717) is 11.5 Å². The van der Waals surface area contributed by atoms with Crippen molar-refractivity contribution >= 4 is 22.8 Å². The lowest BCUT2D eigenvalue weighted by molar-refractivity contribution is -0.124. The van der Waals surface area contributed by atoms with Crippen molar-refractivity contribution in [2.75, 3.05) is 13.2 Å². The van der Waals surface area contributed by atoms with Gasteiger partial charge >= 0.3 is 5.97 Å². The number of nitriles is 1. The van der Waals surface area contributed by atoms with Gasteiger partial charge in [-0.15, -0.1) is 0 Å². The van der Waals surface area contributed by atoms with Crippen LogP contribution in [-0.2, 0) is 22.4 Å².